The van der Waals surface area contributed by atoms with Crippen molar-refractivity contribution in [1.82, 2.24) is 15.5 Å². The molecule has 3 aromatic rings. The molecule has 0 radical (unpaired) electrons. The molecule has 1 aliphatic rings. The first kappa shape index (κ1) is 23.2. The minimum Gasteiger partial charge on any atom is -0.348 e. The first-order chi connectivity index (χ1) is 16.4. The second kappa shape index (κ2) is 9.87. The molecule has 4 rings (SSSR count). The van der Waals surface area contributed by atoms with E-state index in [-0.39, 0.29) is 5.82 Å². The molecule has 1 heterocycles. The van der Waals surface area contributed by atoms with Gasteiger partial charge in [-0.05, 0) is 35.7 Å². The van der Waals surface area contributed by atoms with E-state index in [1.165, 1.54) is 12.1 Å². The molecule has 7 heteroatoms. The van der Waals surface area contributed by atoms with Crippen LogP contribution in [0.1, 0.15) is 29.7 Å². The largest absolute Gasteiger partial charge is 0.348 e. The van der Waals surface area contributed by atoms with Crippen molar-refractivity contribution < 1.29 is 18.8 Å². The van der Waals surface area contributed by atoms with E-state index in [1.807, 2.05) is 60.7 Å². The van der Waals surface area contributed by atoms with Crippen LogP contribution in [0.5, 0.6) is 0 Å². The van der Waals surface area contributed by atoms with Crippen molar-refractivity contribution in [1.29, 1.82) is 0 Å². The highest BCUT2D eigenvalue weighted by Crippen LogP contribution is 2.27. The molecule has 1 saturated heterocycles. The molecule has 6 nitrogen and oxygen atoms in total. The summed E-state index contributed by atoms with van der Waals surface area (Å²) in [6.07, 6.45) is 0.606. The number of amides is 4. The molecule has 2 N–H and O–H groups in total. The van der Waals surface area contributed by atoms with Gasteiger partial charge in [-0.15, -0.1) is 0 Å². The van der Waals surface area contributed by atoms with Gasteiger partial charge in [-0.1, -0.05) is 72.8 Å². The summed E-state index contributed by atoms with van der Waals surface area (Å²) in [6.45, 7) is 1.35. The van der Waals surface area contributed by atoms with Crippen molar-refractivity contribution >= 4 is 17.8 Å². The summed E-state index contributed by atoms with van der Waals surface area (Å²) in [5.41, 5.74) is 1.34. The van der Waals surface area contributed by atoms with Gasteiger partial charge in [-0.3, -0.25) is 14.5 Å². The standard InChI is InChI=1S/C27H26FN3O3/c1-19(22-12-14-23(28)15-13-22)29-24(32)18-31-25(33)27(30-26(31)34,16-20-8-4-2-5-9-20)17-21-10-6-3-7-11-21/h2-15,19H,16-18H2,1H3,(H,29,32)(H,30,34)/t19-/m1/s1. The van der Waals surface area contributed by atoms with Gasteiger partial charge in [-0.2, -0.15) is 0 Å². The Morgan fingerprint density at radius 3 is 1.97 bits per heavy atom. The quantitative estimate of drug-likeness (QED) is 0.504. The number of nitrogens with one attached hydrogen (secondary N) is 2. The first-order valence-electron chi connectivity index (χ1n) is 11.1. The van der Waals surface area contributed by atoms with Gasteiger partial charge < -0.3 is 10.6 Å². The third-order valence-corrected chi connectivity index (χ3v) is 5.99. The molecule has 0 aromatic heterocycles. The zero-order valence-corrected chi connectivity index (χ0v) is 18.8. The SMILES string of the molecule is C[C@@H](NC(=O)CN1C(=O)NC(Cc2ccccc2)(Cc2ccccc2)C1=O)c1ccc(F)cc1. The summed E-state index contributed by atoms with van der Waals surface area (Å²) in [5.74, 6) is -1.28. The van der Waals surface area contributed by atoms with Crippen LogP contribution < -0.4 is 10.6 Å². The van der Waals surface area contributed by atoms with E-state index in [2.05, 4.69) is 10.6 Å². The number of hydrogen-bond acceptors (Lipinski definition) is 3. The van der Waals surface area contributed by atoms with Crippen LogP contribution in [-0.4, -0.2) is 34.8 Å². The summed E-state index contributed by atoms with van der Waals surface area (Å²) in [5, 5.41) is 5.65. The van der Waals surface area contributed by atoms with Crippen molar-refractivity contribution in [2.45, 2.75) is 31.3 Å². The Bertz CT molecular complexity index is 1130. The molecule has 1 aliphatic heterocycles. The molecule has 0 bridgehead atoms. The highest BCUT2D eigenvalue weighted by Gasteiger charge is 2.51. The van der Waals surface area contributed by atoms with Crippen molar-refractivity contribution in [2.75, 3.05) is 6.54 Å². The summed E-state index contributed by atoms with van der Waals surface area (Å²) in [4.78, 5) is 40.2. The van der Waals surface area contributed by atoms with Crippen LogP contribution in [0.2, 0.25) is 0 Å². The Kier molecular flexibility index (Phi) is 6.72. The zero-order chi connectivity index (χ0) is 24.1. The topological polar surface area (TPSA) is 78.5 Å². The van der Waals surface area contributed by atoms with Gasteiger partial charge in [-0.25, -0.2) is 9.18 Å². The fourth-order valence-corrected chi connectivity index (χ4v) is 4.28. The predicted octanol–water partition coefficient (Wildman–Crippen LogP) is 3.78. The Morgan fingerprint density at radius 2 is 1.44 bits per heavy atom. The van der Waals surface area contributed by atoms with E-state index in [0.29, 0.717) is 12.8 Å². The van der Waals surface area contributed by atoms with Crippen LogP contribution in [0.3, 0.4) is 0 Å². The molecule has 0 spiro atoms. The van der Waals surface area contributed by atoms with Crippen molar-refractivity contribution in [2.24, 2.45) is 0 Å². The number of carbonyl (C=O) groups excluding carboxylic acids is 3. The lowest BCUT2D eigenvalue weighted by Crippen LogP contribution is -2.51. The van der Waals surface area contributed by atoms with Gasteiger partial charge >= 0.3 is 6.03 Å². The fourth-order valence-electron chi connectivity index (χ4n) is 4.28. The van der Waals surface area contributed by atoms with Crippen molar-refractivity contribution in [3.63, 3.8) is 0 Å². The molecule has 4 amide bonds. The maximum absolute atomic E-state index is 13.6. The van der Waals surface area contributed by atoms with E-state index in [9.17, 15) is 18.8 Å². The average Bonchev–Trinajstić information content (AvgIpc) is 3.04. The Hall–Kier alpha value is -4.00. The Balaban J connectivity index is 1.52. The van der Waals surface area contributed by atoms with Gasteiger partial charge in [0.05, 0.1) is 6.04 Å². The number of imide groups is 1. The second-order valence-corrected chi connectivity index (χ2v) is 8.57. The number of benzene rings is 3. The Labute approximate surface area is 197 Å². The maximum atomic E-state index is 13.6. The fraction of sp³-hybridized carbons (Fsp3) is 0.222. The van der Waals surface area contributed by atoms with E-state index < -0.39 is 36.0 Å². The van der Waals surface area contributed by atoms with Crippen LogP contribution in [-0.2, 0) is 22.4 Å². The number of rotatable bonds is 8. The molecule has 1 fully saturated rings. The predicted molar refractivity (Wildman–Crippen MR) is 126 cm³/mol. The third kappa shape index (κ3) is 5.14. The number of nitrogens with zero attached hydrogens (tertiary/aromatic N) is 1. The van der Waals surface area contributed by atoms with Gasteiger partial charge in [0.15, 0.2) is 0 Å². The molecule has 3 aromatic carbocycles. The smallest absolute Gasteiger partial charge is 0.325 e. The monoisotopic (exact) mass is 459 g/mol. The highest BCUT2D eigenvalue weighted by atomic mass is 19.1. The van der Waals surface area contributed by atoms with Crippen molar-refractivity contribution in [3.05, 3.63) is 107 Å². The first-order valence-corrected chi connectivity index (χ1v) is 11.1. The van der Waals surface area contributed by atoms with Crippen LogP contribution in [0.25, 0.3) is 0 Å². The highest BCUT2D eigenvalue weighted by molar-refractivity contribution is 6.09. The molecule has 0 saturated carbocycles. The lowest BCUT2D eigenvalue weighted by molar-refractivity contribution is -0.135. The molecule has 1 atom stereocenters. The normalized spacial score (nSPS) is 15.6. The number of urea groups is 1. The number of hydrogen-bond donors (Lipinski definition) is 2. The lowest BCUT2D eigenvalue weighted by atomic mass is 9.84. The molecular formula is C27H26FN3O3. The van der Waals surface area contributed by atoms with Crippen LogP contribution in [0.4, 0.5) is 9.18 Å². The number of carbonyl (C=O) groups is 3. The van der Waals surface area contributed by atoms with Crippen LogP contribution in [0.15, 0.2) is 84.9 Å². The summed E-state index contributed by atoms with van der Waals surface area (Å²) < 4.78 is 13.2. The molecule has 0 aliphatic carbocycles. The average molecular weight is 460 g/mol. The van der Waals surface area contributed by atoms with Gasteiger partial charge in [0, 0.05) is 12.8 Å². The lowest BCUT2D eigenvalue weighted by Gasteiger charge is -2.27. The van der Waals surface area contributed by atoms with Gasteiger partial charge in [0.1, 0.15) is 17.9 Å². The van der Waals surface area contributed by atoms with Gasteiger partial charge in [0.2, 0.25) is 5.91 Å². The van der Waals surface area contributed by atoms with E-state index in [0.717, 1.165) is 21.6 Å². The van der Waals surface area contributed by atoms with E-state index in [4.69, 9.17) is 0 Å². The van der Waals surface area contributed by atoms with E-state index >= 15 is 0 Å². The molecule has 34 heavy (non-hydrogen) atoms. The summed E-state index contributed by atoms with van der Waals surface area (Å²) >= 11 is 0. The minimum absolute atomic E-state index is 0.303. The number of halogens is 1. The molecule has 174 valence electrons. The van der Waals surface area contributed by atoms with E-state index in [1.54, 1.807) is 19.1 Å². The second-order valence-electron chi connectivity index (χ2n) is 8.57. The summed E-state index contributed by atoms with van der Waals surface area (Å²) in [6, 6.07) is 23.7. The van der Waals surface area contributed by atoms with Crippen LogP contribution in [0, 0.1) is 5.82 Å². The Morgan fingerprint density at radius 1 is 0.912 bits per heavy atom. The molecular weight excluding hydrogens is 433 g/mol. The molecule has 0 unspecified atom stereocenters. The summed E-state index contributed by atoms with van der Waals surface area (Å²) in [7, 11) is 0. The van der Waals surface area contributed by atoms with Gasteiger partial charge in [0.25, 0.3) is 5.91 Å². The minimum atomic E-state index is -1.19. The zero-order valence-electron chi connectivity index (χ0n) is 18.8. The third-order valence-electron chi connectivity index (χ3n) is 5.99. The van der Waals surface area contributed by atoms with Crippen LogP contribution >= 0.6 is 0 Å². The van der Waals surface area contributed by atoms with Crippen molar-refractivity contribution in [3.8, 4) is 0 Å². The maximum Gasteiger partial charge on any atom is 0.325 e.